The molecule has 136 valence electrons. The van der Waals surface area contributed by atoms with Gasteiger partial charge in [0.25, 0.3) is 0 Å². The number of aryl methyl sites for hydroxylation is 3. The maximum atomic E-state index is 5.94. The molecule has 0 unspecified atom stereocenters. The molecule has 1 N–H and O–H groups in total. The van der Waals surface area contributed by atoms with Gasteiger partial charge in [0.15, 0.2) is 0 Å². The molecule has 0 aliphatic carbocycles. The minimum absolute atomic E-state index is 0.748. The van der Waals surface area contributed by atoms with E-state index in [0.717, 1.165) is 63.6 Å². The molecule has 2 heterocycles. The van der Waals surface area contributed by atoms with Gasteiger partial charge in [-0.3, -0.25) is 4.68 Å². The van der Waals surface area contributed by atoms with Crippen molar-refractivity contribution in [2.45, 2.75) is 46.3 Å². The summed E-state index contributed by atoms with van der Waals surface area (Å²) in [5, 5.41) is 8.20. The Hall–Kier alpha value is -1.85. The van der Waals surface area contributed by atoms with Crippen LogP contribution in [0, 0.1) is 13.8 Å². The monoisotopic (exact) mass is 342 g/mol. The van der Waals surface area contributed by atoms with Crippen LogP contribution in [0.3, 0.4) is 0 Å². The highest BCUT2D eigenvalue weighted by Crippen LogP contribution is 2.19. The Bertz CT molecular complexity index is 671. The number of nitrogens with zero attached hydrogens (tertiary/aromatic N) is 3. The lowest BCUT2D eigenvalue weighted by molar-refractivity contribution is 0.256. The van der Waals surface area contributed by atoms with Crippen molar-refractivity contribution in [2.75, 3.05) is 26.7 Å². The third-order valence-corrected chi connectivity index (χ3v) is 4.66. The molecule has 0 fully saturated rings. The lowest BCUT2D eigenvalue weighted by atomic mass is 10.1. The summed E-state index contributed by atoms with van der Waals surface area (Å²) in [6.07, 6.45) is 2.17. The number of ether oxygens (including phenoxy) is 1. The van der Waals surface area contributed by atoms with Crippen molar-refractivity contribution in [3.8, 4) is 5.75 Å². The number of fused-ring (bicyclic) bond motifs is 1. The highest BCUT2D eigenvalue weighted by Gasteiger charge is 2.12. The van der Waals surface area contributed by atoms with E-state index in [9.17, 15) is 0 Å². The number of hydrogen-bond acceptors (Lipinski definition) is 4. The molecule has 0 bridgehead atoms. The van der Waals surface area contributed by atoms with Crippen LogP contribution in [-0.4, -0.2) is 41.4 Å². The quantitative estimate of drug-likeness (QED) is 0.786. The molecule has 5 heteroatoms. The van der Waals surface area contributed by atoms with Gasteiger partial charge in [-0.25, -0.2) is 0 Å². The highest BCUT2D eigenvalue weighted by molar-refractivity contribution is 5.35. The topological polar surface area (TPSA) is 42.3 Å². The van der Waals surface area contributed by atoms with E-state index in [1.807, 2.05) is 0 Å². The molecule has 1 aliphatic heterocycles. The summed E-state index contributed by atoms with van der Waals surface area (Å²) in [6.45, 7) is 9.88. The summed E-state index contributed by atoms with van der Waals surface area (Å²) in [5.41, 5.74) is 4.91. The fourth-order valence-electron chi connectivity index (χ4n) is 3.23. The fraction of sp³-hybridized carbons (Fsp3) is 0.550. The Morgan fingerprint density at radius 3 is 3.04 bits per heavy atom. The van der Waals surface area contributed by atoms with E-state index in [1.165, 1.54) is 16.8 Å². The number of nitrogens with one attached hydrogen (secondary N) is 1. The first-order valence-corrected chi connectivity index (χ1v) is 9.27. The van der Waals surface area contributed by atoms with Crippen molar-refractivity contribution in [3.05, 3.63) is 46.8 Å². The van der Waals surface area contributed by atoms with Gasteiger partial charge in [-0.2, -0.15) is 5.10 Å². The summed E-state index contributed by atoms with van der Waals surface area (Å²) in [4.78, 5) is 2.32. The lowest BCUT2D eigenvalue weighted by Crippen LogP contribution is -2.21. The van der Waals surface area contributed by atoms with Gasteiger partial charge in [-0.05, 0) is 63.5 Å². The molecule has 0 saturated carbocycles. The maximum absolute atomic E-state index is 5.94. The molecule has 1 aromatic carbocycles. The van der Waals surface area contributed by atoms with E-state index in [2.05, 4.69) is 60.1 Å². The van der Waals surface area contributed by atoms with Gasteiger partial charge in [-0.1, -0.05) is 12.1 Å². The number of aromatic nitrogens is 2. The molecule has 0 radical (unpaired) electrons. The van der Waals surface area contributed by atoms with Crippen LogP contribution in [0.15, 0.2) is 24.3 Å². The molecule has 25 heavy (non-hydrogen) atoms. The second-order valence-electron chi connectivity index (χ2n) is 7.09. The summed E-state index contributed by atoms with van der Waals surface area (Å²) >= 11 is 0. The van der Waals surface area contributed by atoms with E-state index in [1.54, 1.807) is 0 Å². The van der Waals surface area contributed by atoms with Crippen molar-refractivity contribution in [2.24, 2.45) is 0 Å². The fourth-order valence-corrected chi connectivity index (χ4v) is 3.23. The van der Waals surface area contributed by atoms with Crippen LogP contribution in [0.5, 0.6) is 5.75 Å². The van der Waals surface area contributed by atoms with E-state index in [4.69, 9.17) is 9.84 Å². The summed E-state index contributed by atoms with van der Waals surface area (Å²) in [5.74, 6) is 1.01. The van der Waals surface area contributed by atoms with E-state index in [0.29, 0.717) is 0 Å². The van der Waals surface area contributed by atoms with Gasteiger partial charge >= 0.3 is 0 Å². The minimum Gasteiger partial charge on any atom is -0.493 e. The largest absolute Gasteiger partial charge is 0.493 e. The zero-order valence-corrected chi connectivity index (χ0v) is 15.7. The molecule has 0 spiro atoms. The minimum atomic E-state index is 0.748. The van der Waals surface area contributed by atoms with E-state index in [-0.39, 0.29) is 0 Å². The second-order valence-corrected chi connectivity index (χ2v) is 7.09. The molecular weight excluding hydrogens is 312 g/mol. The van der Waals surface area contributed by atoms with Crippen LogP contribution < -0.4 is 10.1 Å². The van der Waals surface area contributed by atoms with E-state index < -0.39 is 0 Å². The Labute approximate surface area is 151 Å². The molecule has 0 amide bonds. The van der Waals surface area contributed by atoms with Gasteiger partial charge in [0.05, 0.1) is 18.0 Å². The third kappa shape index (κ3) is 5.06. The first-order valence-electron chi connectivity index (χ1n) is 9.27. The van der Waals surface area contributed by atoms with Crippen molar-refractivity contribution < 1.29 is 4.74 Å². The molecule has 1 aliphatic rings. The number of rotatable bonds is 7. The Balaban J connectivity index is 1.42. The normalized spacial score (nSPS) is 14.4. The molecule has 3 rings (SSSR count). The summed E-state index contributed by atoms with van der Waals surface area (Å²) in [6, 6.07) is 8.60. The average Bonchev–Trinajstić information content (AvgIpc) is 2.82. The predicted molar refractivity (Wildman–Crippen MR) is 101 cm³/mol. The first kappa shape index (κ1) is 18.0. The van der Waals surface area contributed by atoms with Gasteiger partial charge in [0.2, 0.25) is 0 Å². The van der Waals surface area contributed by atoms with Crippen LogP contribution in [0.2, 0.25) is 0 Å². The average molecular weight is 342 g/mol. The molecule has 0 atom stereocenters. The predicted octanol–water partition coefficient (Wildman–Crippen LogP) is 2.89. The number of hydrogen-bond donors (Lipinski definition) is 1. The zero-order chi connectivity index (χ0) is 17.6. The molecular formula is C20H30N4O. The van der Waals surface area contributed by atoms with Crippen molar-refractivity contribution in [3.63, 3.8) is 0 Å². The Morgan fingerprint density at radius 2 is 2.16 bits per heavy atom. The zero-order valence-electron chi connectivity index (χ0n) is 15.7. The summed E-state index contributed by atoms with van der Waals surface area (Å²) in [7, 11) is 2.15. The first-order chi connectivity index (χ1) is 12.1. The highest BCUT2D eigenvalue weighted by atomic mass is 16.5. The van der Waals surface area contributed by atoms with Crippen LogP contribution in [0.4, 0.5) is 0 Å². The van der Waals surface area contributed by atoms with Crippen molar-refractivity contribution in [1.82, 2.24) is 20.0 Å². The smallest absolute Gasteiger partial charge is 0.122 e. The maximum Gasteiger partial charge on any atom is 0.122 e. The standard InChI is InChI=1S/C20H30N4O/c1-16-6-7-17(2)20(12-16)25-11-5-9-23(3)15-18-13-19-14-21-8-4-10-24(19)22-18/h6-7,12-13,21H,4-5,8-11,14-15H2,1-3H3. The van der Waals surface area contributed by atoms with Crippen LogP contribution in [-0.2, 0) is 19.6 Å². The van der Waals surface area contributed by atoms with Crippen LogP contribution in [0.25, 0.3) is 0 Å². The molecule has 2 aromatic rings. The van der Waals surface area contributed by atoms with Crippen LogP contribution in [0.1, 0.15) is 35.4 Å². The second kappa shape index (κ2) is 8.50. The van der Waals surface area contributed by atoms with Gasteiger partial charge in [0.1, 0.15) is 5.75 Å². The van der Waals surface area contributed by atoms with Gasteiger partial charge in [-0.15, -0.1) is 0 Å². The molecule has 1 aromatic heterocycles. The Kier molecular flexibility index (Phi) is 6.10. The van der Waals surface area contributed by atoms with E-state index >= 15 is 0 Å². The number of benzene rings is 1. The molecule has 0 saturated heterocycles. The third-order valence-electron chi connectivity index (χ3n) is 4.66. The van der Waals surface area contributed by atoms with Crippen LogP contribution >= 0.6 is 0 Å². The van der Waals surface area contributed by atoms with Gasteiger partial charge < -0.3 is 15.0 Å². The summed E-state index contributed by atoms with van der Waals surface area (Å²) < 4.78 is 8.10. The lowest BCUT2D eigenvalue weighted by Gasteiger charge is -2.16. The van der Waals surface area contributed by atoms with Gasteiger partial charge in [0, 0.05) is 26.2 Å². The van der Waals surface area contributed by atoms with Crippen molar-refractivity contribution in [1.29, 1.82) is 0 Å². The Morgan fingerprint density at radius 1 is 1.28 bits per heavy atom. The SMILES string of the molecule is Cc1ccc(C)c(OCCCN(C)Cc2cc3n(n2)CCCNC3)c1. The molecule has 5 nitrogen and oxygen atoms in total. The van der Waals surface area contributed by atoms with Crippen molar-refractivity contribution >= 4 is 0 Å².